The summed E-state index contributed by atoms with van der Waals surface area (Å²) in [4.78, 5) is 15.0. The number of amides is 1. The average Bonchev–Trinajstić information content (AvgIpc) is 2.85. The number of hydrogen-bond donors (Lipinski definition) is 1. The first kappa shape index (κ1) is 14.5. The molecule has 1 aromatic rings. The summed E-state index contributed by atoms with van der Waals surface area (Å²) in [5.41, 5.74) is 5.75. The van der Waals surface area contributed by atoms with Crippen molar-refractivity contribution in [3.05, 3.63) is 22.4 Å². The fraction of sp³-hybridized carbons (Fsp3) is 0.583. The number of carbonyl (C=O) groups excluding carboxylic acids is 1. The molecule has 96 valence electrons. The highest BCUT2D eigenvalue weighted by atomic mass is 32.2. The fourth-order valence-electron chi connectivity index (χ4n) is 1.58. The van der Waals surface area contributed by atoms with Gasteiger partial charge < -0.3 is 10.6 Å². The van der Waals surface area contributed by atoms with Crippen molar-refractivity contribution in [3.8, 4) is 0 Å². The maximum Gasteiger partial charge on any atom is 0.232 e. The second kappa shape index (κ2) is 7.74. The number of thiophene rings is 1. The third-order valence-electron chi connectivity index (χ3n) is 2.60. The van der Waals surface area contributed by atoms with Gasteiger partial charge in [0.1, 0.15) is 0 Å². The Bertz CT molecular complexity index is 323. The summed E-state index contributed by atoms with van der Waals surface area (Å²) in [6.07, 6.45) is 0. The van der Waals surface area contributed by atoms with Crippen LogP contribution in [-0.4, -0.2) is 36.2 Å². The molecule has 1 aromatic heterocycles. The molecule has 0 radical (unpaired) electrons. The molecule has 0 aliphatic rings. The van der Waals surface area contributed by atoms with Crippen LogP contribution in [-0.2, 0) is 4.79 Å². The Morgan fingerprint density at radius 1 is 1.53 bits per heavy atom. The highest BCUT2D eigenvalue weighted by Gasteiger charge is 2.15. The summed E-state index contributed by atoms with van der Waals surface area (Å²) >= 11 is 3.34. The van der Waals surface area contributed by atoms with Crippen molar-refractivity contribution >= 4 is 29.0 Å². The van der Waals surface area contributed by atoms with Gasteiger partial charge in [-0.1, -0.05) is 6.07 Å². The molecule has 1 unspecified atom stereocenters. The minimum Gasteiger partial charge on any atom is -0.343 e. The number of thioether (sulfide) groups is 1. The van der Waals surface area contributed by atoms with Gasteiger partial charge >= 0.3 is 0 Å². The van der Waals surface area contributed by atoms with Gasteiger partial charge in [-0.25, -0.2) is 0 Å². The molecule has 0 saturated carbocycles. The van der Waals surface area contributed by atoms with Crippen molar-refractivity contribution < 1.29 is 4.79 Å². The molecule has 17 heavy (non-hydrogen) atoms. The number of hydrogen-bond acceptors (Lipinski definition) is 4. The van der Waals surface area contributed by atoms with Gasteiger partial charge in [-0.05, 0) is 25.3 Å². The molecule has 0 fully saturated rings. The third kappa shape index (κ3) is 4.33. The second-order valence-electron chi connectivity index (χ2n) is 3.62. The van der Waals surface area contributed by atoms with Crippen molar-refractivity contribution in [1.29, 1.82) is 0 Å². The van der Waals surface area contributed by atoms with Crippen LogP contribution in [0.1, 0.15) is 24.0 Å². The van der Waals surface area contributed by atoms with E-state index in [1.807, 2.05) is 30.2 Å². The van der Waals surface area contributed by atoms with E-state index in [0.29, 0.717) is 12.3 Å². The number of nitrogens with two attached hydrogens (primary N) is 1. The van der Waals surface area contributed by atoms with E-state index in [1.165, 1.54) is 4.88 Å². The molecule has 0 bridgehead atoms. The van der Waals surface area contributed by atoms with Gasteiger partial charge in [0.25, 0.3) is 0 Å². The predicted molar refractivity (Wildman–Crippen MR) is 76.5 cm³/mol. The van der Waals surface area contributed by atoms with Crippen molar-refractivity contribution in [2.75, 3.05) is 25.4 Å². The zero-order valence-electron chi connectivity index (χ0n) is 10.4. The Kier molecular flexibility index (Phi) is 6.62. The number of nitrogens with zero attached hydrogens (tertiary/aromatic N) is 1. The van der Waals surface area contributed by atoms with Crippen molar-refractivity contribution in [2.45, 2.75) is 19.1 Å². The van der Waals surface area contributed by atoms with Gasteiger partial charge in [0.2, 0.25) is 5.91 Å². The largest absolute Gasteiger partial charge is 0.343 e. The molecule has 1 atom stereocenters. The smallest absolute Gasteiger partial charge is 0.232 e. The van der Waals surface area contributed by atoms with Crippen LogP contribution in [0.2, 0.25) is 0 Å². The highest BCUT2D eigenvalue weighted by molar-refractivity contribution is 8.00. The molecule has 2 N–H and O–H groups in total. The second-order valence-corrected chi connectivity index (χ2v) is 5.79. The first-order valence-electron chi connectivity index (χ1n) is 5.85. The molecule has 5 heteroatoms. The Balaban J connectivity index is 2.46. The van der Waals surface area contributed by atoms with Crippen LogP contribution in [0.5, 0.6) is 0 Å². The van der Waals surface area contributed by atoms with Gasteiger partial charge in [-0.3, -0.25) is 4.79 Å². The summed E-state index contributed by atoms with van der Waals surface area (Å²) in [5.74, 6) is 0.719. The van der Waals surface area contributed by atoms with E-state index >= 15 is 0 Å². The van der Waals surface area contributed by atoms with Crippen LogP contribution in [0.4, 0.5) is 0 Å². The molecule has 0 aliphatic carbocycles. The molecule has 1 heterocycles. The first-order chi connectivity index (χ1) is 8.22. The Labute approximate surface area is 111 Å². The van der Waals surface area contributed by atoms with E-state index in [1.54, 1.807) is 23.1 Å². The fourth-order valence-corrected chi connectivity index (χ4v) is 3.58. The van der Waals surface area contributed by atoms with E-state index in [9.17, 15) is 4.79 Å². The molecule has 1 rings (SSSR count). The first-order valence-corrected chi connectivity index (χ1v) is 7.78. The number of rotatable bonds is 7. The number of carbonyl (C=O) groups is 1. The van der Waals surface area contributed by atoms with Gasteiger partial charge in [0.05, 0.1) is 11.0 Å². The topological polar surface area (TPSA) is 46.3 Å². The van der Waals surface area contributed by atoms with Crippen LogP contribution in [0.15, 0.2) is 17.5 Å². The molecular formula is C12H20N2OS2. The van der Waals surface area contributed by atoms with E-state index in [0.717, 1.165) is 13.1 Å². The lowest BCUT2D eigenvalue weighted by Crippen LogP contribution is -2.32. The summed E-state index contributed by atoms with van der Waals surface area (Å²) in [7, 11) is 0. The molecule has 3 nitrogen and oxygen atoms in total. The third-order valence-corrected chi connectivity index (χ3v) is 5.00. The van der Waals surface area contributed by atoms with Crippen molar-refractivity contribution in [3.63, 3.8) is 0 Å². The van der Waals surface area contributed by atoms with E-state index in [4.69, 9.17) is 5.73 Å². The molecular weight excluding hydrogens is 252 g/mol. The zero-order chi connectivity index (χ0) is 12.7. The van der Waals surface area contributed by atoms with Crippen LogP contribution >= 0.6 is 23.1 Å². The predicted octanol–water partition coefficient (Wildman–Crippen LogP) is 2.35. The van der Waals surface area contributed by atoms with Gasteiger partial charge in [0.15, 0.2) is 0 Å². The Morgan fingerprint density at radius 3 is 2.71 bits per heavy atom. The van der Waals surface area contributed by atoms with Crippen LogP contribution < -0.4 is 5.73 Å². The molecule has 0 aliphatic heterocycles. The molecule has 0 aromatic carbocycles. The minimum atomic E-state index is 0.204. The van der Waals surface area contributed by atoms with E-state index < -0.39 is 0 Å². The van der Waals surface area contributed by atoms with Crippen LogP contribution in [0, 0.1) is 0 Å². The summed E-state index contributed by atoms with van der Waals surface area (Å²) < 4.78 is 0. The standard InChI is InChI=1S/C12H20N2OS2/c1-3-14(4-2)12(15)9-17-11(8-13)10-6-5-7-16-10/h5-7,11H,3-4,8-9,13H2,1-2H3. The lowest BCUT2D eigenvalue weighted by Gasteiger charge is -2.20. The van der Waals surface area contributed by atoms with E-state index in [2.05, 4.69) is 6.07 Å². The van der Waals surface area contributed by atoms with Gasteiger partial charge in [-0.2, -0.15) is 0 Å². The maximum atomic E-state index is 11.9. The normalized spacial score (nSPS) is 12.4. The Morgan fingerprint density at radius 2 is 2.24 bits per heavy atom. The van der Waals surface area contributed by atoms with Crippen molar-refractivity contribution in [2.24, 2.45) is 5.73 Å². The summed E-state index contributed by atoms with van der Waals surface area (Å²) in [5, 5.41) is 2.29. The maximum absolute atomic E-state index is 11.9. The van der Waals surface area contributed by atoms with Gasteiger partial charge in [0, 0.05) is 24.5 Å². The minimum absolute atomic E-state index is 0.204. The van der Waals surface area contributed by atoms with Crippen LogP contribution in [0.25, 0.3) is 0 Å². The highest BCUT2D eigenvalue weighted by Crippen LogP contribution is 2.30. The lowest BCUT2D eigenvalue weighted by molar-refractivity contribution is -0.127. The lowest BCUT2D eigenvalue weighted by atomic mass is 10.3. The molecule has 1 amide bonds. The zero-order valence-corrected chi connectivity index (χ0v) is 12.0. The molecule has 0 spiro atoms. The van der Waals surface area contributed by atoms with Crippen LogP contribution in [0.3, 0.4) is 0 Å². The average molecular weight is 272 g/mol. The summed E-state index contributed by atoms with van der Waals surface area (Å²) in [6, 6.07) is 4.10. The quantitative estimate of drug-likeness (QED) is 0.829. The van der Waals surface area contributed by atoms with Gasteiger partial charge in [-0.15, -0.1) is 23.1 Å². The summed E-state index contributed by atoms with van der Waals surface area (Å²) in [6.45, 7) is 6.15. The van der Waals surface area contributed by atoms with E-state index in [-0.39, 0.29) is 11.2 Å². The monoisotopic (exact) mass is 272 g/mol. The molecule has 0 saturated heterocycles. The van der Waals surface area contributed by atoms with Crippen molar-refractivity contribution in [1.82, 2.24) is 4.90 Å². The Hall–Kier alpha value is -0.520. The SMILES string of the molecule is CCN(CC)C(=O)CSC(CN)c1cccs1.